The van der Waals surface area contributed by atoms with E-state index in [1.807, 2.05) is 45.0 Å². The van der Waals surface area contributed by atoms with Crippen LogP contribution in [0.3, 0.4) is 0 Å². The summed E-state index contributed by atoms with van der Waals surface area (Å²) in [5.41, 5.74) is 3.32. The van der Waals surface area contributed by atoms with E-state index < -0.39 is 0 Å². The van der Waals surface area contributed by atoms with Gasteiger partial charge in [0.1, 0.15) is 21.3 Å². The first kappa shape index (κ1) is 26.1. The number of aryl methyl sites for hydroxylation is 2. The number of carbonyl (C=O) groups is 1. The normalized spacial score (nSPS) is 14.9. The molecule has 1 saturated heterocycles. The second-order valence-electron chi connectivity index (χ2n) is 9.07. The molecule has 0 unspecified atom stereocenters. The van der Waals surface area contributed by atoms with E-state index in [0.29, 0.717) is 27.2 Å². The largest absolute Gasteiger partial charge is 0.438 e. The number of ether oxygens (including phenoxy) is 1. The van der Waals surface area contributed by atoms with Crippen LogP contribution in [0.2, 0.25) is 0 Å². The lowest BCUT2D eigenvalue weighted by Crippen LogP contribution is -2.29. The molecule has 6 nitrogen and oxygen atoms in total. The van der Waals surface area contributed by atoms with Gasteiger partial charge in [0.2, 0.25) is 5.88 Å². The lowest BCUT2D eigenvalue weighted by molar-refractivity contribution is -0.122. The van der Waals surface area contributed by atoms with Crippen LogP contribution in [0.1, 0.15) is 61.3 Å². The first-order valence-electron chi connectivity index (χ1n) is 12.3. The molecule has 2 aromatic heterocycles. The van der Waals surface area contributed by atoms with Gasteiger partial charge in [0.25, 0.3) is 11.5 Å². The Morgan fingerprint density at radius 3 is 2.56 bits per heavy atom. The zero-order chi connectivity index (χ0) is 25.8. The molecule has 3 heterocycles. The third-order valence-electron chi connectivity index (χ3n) is 6.45. The second kappa shape index (κ2) is 11.4. The summed E-state index contributed by atoms with van der Waals surface area (Å²) < 4.78 is 8.24. The first-order chi connectivity index (χ1) is 17.3. The van der Waals surface area contributed by atoms with Crippen LogP contribution in [0.15, 0.2) is 46.2 Å². The molecule has 0 atom stereocenters. The highest BCUT2D eigenvalue weighted by molar-refractivity contribution is 8.26. The van der Waals surface area contributed by atoms with Crippen LogP contribution in [-0.4, -0.2) is 31.1 Å². The van der Waals surface area contributed by atoms with Crippen molar-refractivity contribution in [2.75, 3.05) is 6.54 Å². The Labute approximate surface area is 221 Å². The van der Waals surface area contributed by atoms with Gasteiger partial charge in [-0.3, -0.25) is 18.9 Å². The van der Waals surface area contributed by atoms with Crippen molar-refractivity contribution in [3.8, 4) is 11.6 Å². The molecule has 36 heavy (non-hydrogen) atoms. The second-order valence-corrected chi connectivity index (χ2v) is 10.7. The molecule has 1 aliphatic heterocycles. The molecule has 0 N–H and O–H groups in total. The predicted octanol–water partition coefficient (Wildman–Crippen LogP) is 6.58. The number of thioether (sulfide) groups is 1. The van der Waals surface area contributed by atoms with Gasteiger partial charge in [-0.15, -0.1) is 0 Å². The lowest BCUT2D eigenvalue weighted by Gasteiger charge is -2.14. The number of unbranched alkanes of at least 4 members (excludes halogenated alkanes) is 4. The molecule has 0 saturated carbocycles. The number of hydrogen-bond acceptors (Lipinski definition) is 6. The zero-order valence-corrected chi connectivity index (χ0v) is 22.8. The van der Waals surface area contributed by atoms with Gasteiger partial charge in [0.15, 0.2) is 0 Å². The molecular formula is C28H31N3O3S2. The minimum absolute atomic E-state index is 0.174. The molecular weight excluding hydrogens is 490 g/mol. The van der Waals surface area contributed by atoms with Crippen molar-refractivity contribution >= 4 is 45.9 Å². The Morgan fingerprint density at radius 1 is 1.03 bits per heavy atom. The maximum atomic E-state index is 13.6. The van der Waals surface area contributed by atoms with Crippen LogP contribution < -0.4 is 10.3 Å². The molecule has 0 bridgehead atoms. The van der Waals surface area contributed by atoms with Crippen molar-refractivity contribution in [3.63, 3.8) is 0 Å². The quantitative estimate of drug-likeness (QED) is 0.180. The number of pyridine rings is 1. The van der Waals surface area contributed by atoms with Crippen LogP contribution in [-0.2, 0) is 4.79 Å². The molecule has 4 rings (SSSR count). The molecule has 188 valence electrons. The highest BCUT2D eigenvalue weighted by Gasteiger charge is 2.32. The fraction of sp³-hybridized carbons (Fsp3) is 0.357. The molecule has 1 amide bonds. The number of aromatic nitrogens is 2. The summed E-state index contributed by atoms with van der Waals surface area (Å²) in [6.07, 6.45) is 8.75. The SMILES string of the molecule is CCCCCCCN1C(=O)/C(=C\c2c(Oc3cccc(C)c3C)nc3c(C)cccn3c2=O)SC1=S. The highest BCUT2D eigenvalue weighted by atomic mass is 32.2. The van der Waals surface area contributed by atoms with Crippen LogP contribution in [0, 0.1) is 20.8 Å². The van der Waals surface area contributed by atoms with Gasteiger partial charge < -0.3 is 4.74 Å². The number of rotatable bonds is 9. The van der Waals surface area contributed by atoms with Crippen molar-refractivity contribution < 1.29 is 9.53 Å². The standard InChI is InChI=1S/C28H31N3O3S2/c1-5-6-7-8-9-15-31-27(33)23(36-28(31)35)17-21-25(34-22-14-10-12-18(2)20(22)4)29-24-19(3)13-11-16-30(24)26(21)32/h10-14,16-17H,5-9,15H2,1-4H3/b23-17+. The molecule has 3 aromatic rings. The number of carbonyl (C=O) groups excluding carboxylic acids is 1. The smallest absolute Gasteiger partial charge is 0.269 e. The van der Waals surface area contributed by atoms with Crippen molar-refractivity contribution in [2.24, 2.45) is 0 Å². The maximum Gasteiger partial charge on any atom is 0.269 e. The molecule has 1 fully saturated rings. The van der Waals surface area contributed by atoms with E-state index in [1.165, 1.54) is 29.0 Å². The average molecular weight is 522 g/mol. The molecule has 0 spiro atoms. The highest BCUT2D eigenvalue weighted by Crippen LogP contribution is 2.35. The minimum Gasteiger partial charge on any atom is -0.438 e. The Balaban J connectivity index is 1.73. The Morgan fingerprint density at radius 2 is 1.78 bits per heavy atom. The molecule has 0 radical (unpaired) electrons. The van der Waals surface area contributed by atoms with Crippen LogP contribution >= 0.6 is 24.0 Å². The van der Waals surface area contributed by atoms with E-state index in [9.17, 15) is 9.59 Å². The third kappa shape index (κ3) is 5.39. The summed E-state index contributed by atoms with van der Waals surface area (Å²) in [7, 11) is 0. The minimum atomic E-state index is -0.297. The number of fused-ring (bicyclic) bond motifs is 1. The van der Waals surface area contributed by atoms with Gasteiger partial charge in [-0.05, 0) is 62.1 Å². The van der Waals surface area contributed by atoms with Crippen molar-refractivity contribution in [1.29, 1.82) is 0 Å². The molecule has 0 aliphatic carbocycles. The number of hydrogen-bond donors (Lipinski definition) is 0. The van der Waals surface area contributed by atoms with E-state index in [-0.39, 0.29) is 22.9 Å². The fourth-order valence-corrected chi connectivity index (χ4v) is 5.42. The van der Waals surface area contributed by atoms with E-state index >= 15 is 0 Å². The van der Waals surface area contributed by atoms with Crippen molar-refractivity contribution in [3.05, 3.63) is 74.0 Å². The third-order valence-corrected chi connectivity index (χ3v) is 7.82. The van der Waals surface area contributed by atoms with E-state index in [0.717, 1.165) is 36.0 Å². The van der Waals surface area contributed by atoms with Gasteiger partial charge in [-0.2, -0.15) is 4.98 Å². The lowest BCUT2D eigenvalue weighted by atomic mass is 10.1. The zero-order valence-electron chi connectivity index (χ0n) is 21.2. The van der Waals surface area contributed by atoms with Gasteiger partial charge >= 0.3 is 0 Å². The summed E-state index contributed by atoms with van der Waals surface area (Å²) in [6.45, 7) is 8.63. The average Bonchev–Trinajstić information content (AvgIpc) is 3.12. The number of amides is 1. The number of thiocarbonyl (C=S) groups is 1. The van der Waals surface area contributed by atoms with E-state index in [2.05, 4.69) is 6.92 Å². The molecule has 8 heteroatoms. The molecule has 1 aromatic carbocycles. The fourth-order valence-electron chi connectivity index (χ4n) is 4.13. The molecule has 1 aliphatic rings. The van der Waals surface area contributed by atoms with Gasteiger partial charge in [-0.25, -0.2) is 0 Å². The van der Waals surface area contributed by atoms with Gasteiger partial charge in [0.05, 0.1) is 4.91 Å². The number of benzene rings is 1. The van der Waals surface area contributed by atoms with Gasteiger partial charge in [0, 0.05) is 12.7 Å². The van der Waals surface area contributed by atoms with Crippen LogP contribution in [0.5, 0.6) is 11.6 Å². The van der Waals surface area contributed by atoms with Crippen LogP contribution in [0.25, 0.3) is 11.7 Å². The number of nitrogens with zero attached hydrogens (tertiary/aromatic N) is 3. The van der Waals surface area contributed by atoms with E-state index in [4.69, 9.17) is 21.9 Å². The maximum absolute atomic E-state index is 13.6. The summed E-state index contributed by atoms with van der Waals surface area (Å²) in [5.74, 6) is 0.619. The summed E-state index contributed by atoms with van der Waals surface area (Å²) in [5, 5.41) is 0. The Bertz CT molecular complexity index is 1410. The summed E-state index contributed by atoms with van der Waals surface area (Å²) in [4.78, 5) is 33.6. The monoisotopic (exact) mass is 521 g/mol. The van der Waals surface area contributed by atoms with Gasteiger partial charge in [-0.1, -0.05) is 74.8 Å². The van der Waals surface area contributed by atoms with E-state index in [1.54, 1.807) is 23.2 Å². The van der Waals surface area contributed by atoms with Crippen LogP contribution in [0.4, 0.5) is 0 Å². The summed E-state index contributed by atoms with van der Waals surface area (Å²) in [6, 6.07) is 9.46. The first-order valence-corrected chi connectivity index (χ1v) is 13.6. The summed E-state index contributed by atoms with van der Waals surface area (Å²) >= 11 is 6.73. The topological polar surface area (TPSA) is 63.9 Å². The predicted molar refractivity (Wildman–Crippen MR) is 151 cm³/mol. The Hall–Kier alpha value is -2.97. The Kier molecular flexibility index (Phi) is 8.26. The van der Waals surface area contributed by atoms with Crippen molar-refractivity contribution in [2.45, 2.75) is 59.8 Å². The van der Waals surface area contributed by atoms with Crippen molar-refractivity contribution in [1.82, 2.24) is 14.3 Å².